The van der Waals surface area contributed by atoms with Gasteiger partial charge in [0.05, 0.1) is 0 Å². The lowest BCUT2D eigenvalue weighted by Gasteiger charge is -2.36. The second-order valence-electron chi connectivity index (χ2n) is 4.34. The van der Waals surface area contributed by atoms with Crippen LogP contribution in [0.3, 0.4) is 0 Å². The number of rotatable bonds is 1. The quantitative estimate of drug-likeness (QED) is 0.698. The topological polar surface area (TPSA) is 20.3 Å². The highest BCUT2D eigenvalue weighted by molar-refractivity contribution is 5.82. The monoisotopic (exact) mass is 203 g/mol. The smallest absolute Gasteiger partial charge is 0.138 e. The number of nitrogens with zero attached hydrogens (tertiary/aromatic N) is 1. The van der Waals surface area contributed by atoms with Gasteiger partial charge < -0.3 is 0 Å². The Kier molecular flexibility index (Phi) is 2.87. The SMILES string of the molecule is C[C@H]1C(=O)CCN(C)[C@H]1c1ccccc1. The summed E-state index contributed by atoms with van der Waals surface area (Å²) in [7, 11) is 2.10. The van der Waals surface area contributed by atoms with Crippen LogP contribution in [0, 0.1) is 5.92 Å². The minimum Gasteiger partial charge on any atom is -0.299 e. The zero-order valence-electron chi connectivity index (χ0n) is 9.31. The van der Waals surface area contributed by atoms with Crippen molar-refractivity contribution in [1.29, 1.82) is 0 Å². The summed E-state index contributed by atoms with van der Waals surface area (Å²) < 4.78 is 0. The van der Waals surface area contributed by atoms with Crippen molar-refractivity contribution < 1.29 is 4.79 Å². The summed E-state index contributed by atoms with van der Waals surface area (Å²) in [4.78, 5) is 14.0. The van der Waals surface area contributed by atoms with Gasteiger partial charge in [-0.25, -0.2) is 0 Å². The van der Waals surface area contributed by atoms with Gasteiger partial charge in [-0.2, -0.15) is 0 Å². The molecule has 0 aromatic heterocycles. The van der Waals surface area contributed by atoms with Gasteiger partial charge in [0.1, 0.15) is 5.78 Å². The predicted molar refractivity (Wildman–Crippen MR) is 60.6 cm³/mol. The highest BCUT2D eigenvalue weighted by Gasteiger charge is 2.32. The highest BCUT2D eigenvalue weighted by Crippen LogP contribution is 2.32. The van der Waals surface area contributed by atoms with Gasteiger partial charge >= 0.3 is 0 Å². The molecule has 2 nitrogen and oxygen atoms in total. The highest BCUT2D eigenvalue weighted by atomic mass is 16.1. The predicted octanol–water partition coefficient (Wildman–Crippen LogP) is 2.27. The molecule has 0 radical (unpaired) electrons. The molecule has 1 heterocycles. The Balaban J connectivity index is 2.29. The van der Waals surface area contributed by atoms with E-state index in [1.807, 2.05) is 25.1 Å². The Morgan fingerprint density at radius 1 is 1.27 bits per heavy atom. The van der Waals surface area contributed by atoms with E-state index in [4.69, 9.17) is 0 Å². The molecule has 0 saturated carbocycles. The van der Waals surface area contributed by atoms with Crippen molar-refractivity contribution >= 4 is 5.78 Å². The molecule has 1 aliphatic rings. The molecule has 0 amide bonds. The van der Waals surface area contributed by atoms with E-state index in [0.29, 0.717) is 12.2 Å². The second-order valence-corrected chi connectivity index (χ2v) is 4.34. The zero-order valence-corrected chi connectivity index (χ0v) is 9.31. The van der Waals surface area contributed by atoms with Gasteiger partial charge in [-0.15, -0.1) is 0 Å². The number of Topliss-reactive ketones (excluding diaryl/α,β-unsaturated/α-hetero) is 1. The fourth-order valence-electron chi connectivity index (χ4n) is 2.40. The number of hydrogen-bond acceptors (Lipinski definition) is 2. The van der Waals surface area contributed by atoms with E-state index in [2.05, 4.69) is 24.1 Å². The Morgan fingerprint density at radius 3 is 2.60 bits per heavy atom. The molecule has 0 bridgehead atoms. The van der Waals surface area contributed by atoms with Crippen LogP contribution in [-0.2, 0) is 4.79 Å². The Bertz CT molecular complexity index is 347. The number of likely N-dealkylation sites (tertiary alicyclic amines) is 1. The average molecular weight is 203 g/mol. The Labute approximate surface area is 90.9 Å². The summed E-state index contributed by atoms with van der Waals surface area (Å²) in [5.41, 5.74) is 1.25. The van der Waals surface area contributed by atoms with Crippen LogP contribution in [0.4, 0.5) is 0 Å². The summed E-state index contributed by atoms with van der Waals surface area (Å²) in [5, 5.41) is 0. The van der Waals surface area contributed by atoms with E-state index in [0.717, 1.165) is 6.54 Å². The Morgan fingerprint density at radius 2 is 1.93 bits per heavy atom. The third kappa shape index (κ3) is 1.95. The standard InChI is InChI=1S/C13H17NO/c1-10-12(15)8-9-14(2)13(10)11-6-4-3-5-7-11/h3-7,10,13H,8-9H2,1-2H3/t10-,13+/m0/s1. The molecule has 0 aliphatic carbocycles. The maximum atomic E-state index is 11.7. The fourth-order valence-corrected chi connectivity index (χ4v) is 2.40. The van der Waals surface area contributed by atoms with E-state index >= 15 is 0 Å². The number of carbonyl (C=O) groups excluding carboxylic acids is 1. The van der Waals surface area contributed by atoms with E-state index in [1.165, 1.54) is 5.56 Å². The molecule has 1 fully saturated rings. The minimum atomic E-state index is 0.117. The maximum absolute atomic E-state index is 11.7. The third-order valence-electron chi connectivity index (χ3n) is 3.31. The van der Waals surface area contributed by atoms with Gasteiger partial charge in [-0.3, -0.25) is 9.69 Å². The van der Waals surface area contributed by atoms with Crippen LogP contribution < -0.4 is 0 Å². The average Bonchev–Trinajstić information content (AvgIpc) is 2.26. The van der Waals surface area contributed by atoms with Crippen molar-refractivity contribution in [3.63, 3.8) is 0 Å². The molecule has 0 N–H and O–H groups in total. The lowest BCUT2D eigenvalue weighted by molar-refractivity contribution is -0.127. The van der Waals surface area contributed by atoms with Gasteiger partial charge in [-0.05, 0) is 12.6 Å². The number of ketones is 1. The summed E-state index contributed by atoms with van der Waals surface area (Å²) >= 11 is 0. The van der Waals surface area contributed by atoms with Crippen molar-refractivity contribution in [3.8, 4) is 0 Å². The molecule has 2 atom stereocenters. The number of piperidine rings is 1. The summed E-state index contributed by atoms with van der Waals surface area (Å²) in [5.74, 6) is 0.508. The van der Waals surface area contributed by atoms with E-state index < -0.39 is 0 Å². The first-order valence-electron chi connectivity index (χ1n) is 5.48. The van der Waals surface area contributed by atoms with Crippen molar-refractivity contribution in [2.45, 2.75) is 19.4 Å². The molecule has 1 aromatic rings. The molecule has 1 aromatic carbocycles. The summed E-state index contributed by atoms with van der Waals surface area (Å²) in [6.45, 7) is 2.92. The maximum Gasteiger partial charge on any atom is 0.138 e. The molecule has 1 aliphatic heterocycles. The number of benzene rings is 1. The first kappa shape index (κ1) is 10.4. The first-order chi connectivity index (χ1) is 7.20. The van der Waals surface area contributed by atoms with Crippen LogP contribution in [0.1, 0.15) is 24.9 Å². The van der Waals surface area contributed by atoms with Crippen LogP contribution in [0.15, 0.2) is 30.3 Å². The molecule has 0 spiro atoms. The van der Waals surface area contributed by atoms with Crippen LogP contribution in [0.2, 0.25) is 0 Å². The third-order valence-corrected chi connectivity index (χ3v) is 3.31. The zero-order chi connectivity index (χ0) is 10.8. The Hall–Kier alpha value is -1.15. The van der Waals surface area contributed by atoms with Crippen molar-refractivity contribution in [2.75, 3.05) is 13.6 Å². The van der Waals surface area contributed by atoms with Gasteiger partial charge in [0.25, 0.3) is 0 Å². The van der Waals surface area contributed by atoms with E-state index in [-0.39, 0.29) is 12.0 Å². The molecule has 15 heavy (non-hydrogen) atoms. The molecule has 80 valence electrons. The lowest BCUT2D eigenvalue weighted by Crippen LogP contribution is -2.40. The van der Waals surface area contributed by atoms with Gasteiger partial charge in [0, 0.05) is 24.9 Å². The largest absolute Gasteiger partial charge is 0.299 e. The van der Waals surface area contributed by atoms with Gasteiger partial charge in [0.2, 0.25) is 0 Å². The molecule has 2 heteroatoms. The van der Waals surface area contributed by atoms with Crippen LogP contribution in [-0.4, -0.2) is 24.3 Å². The fraction of sp³-hybridized carbons (Fsp3) is 0.462. The summed E-state index contributed by atoms with van der Waals surface area (Å²) in [6.07, 6.45) is 0.695. The lowest BCUT2D eigenvalue weighted by atomic mass is 9.85. The normalized spacial score (nSPS) is 28.0. The van der Waals surface area contributed by atoms with Gasteiger partial charge in [0.15, 0.2) is 0 Å². The molecule has 0 unspecified atom stereocenters. The van der Waals surface area contributed by atoms with Crippen molar-refractivity contribution in [1.82, 2.24) is 4.90 Å². The minimum absolute atomic E-state index is 0.117. The van der Waals surface area contributed by atoms with Crippen LogP contribution in [0.25, 0.3) is 0 Å². The second kappa shape index (κ2) is 4.15. The number of carbonyl (C=O) groups is 1. The van der Waals surface area contributed by atoms with E-state index in [1.54, 1.807) is 0 Å². The molecule has 2 rings (SSSR count). The van der Waals surface area contributed by atoms with Crippen LogP contribution >= 0.6 is 0 Å². The number of hydrogen-bond donors (Lipinski definition) is 0. The summed E-state index contributed by atoms with van der Waals surface area (Å²) in [6, 6.07) is 10.6. The first-order valence-corrected chi connectivity index (χ1v) is 5.48. The van der Waals surface area contributed by atoms with Crippen molar-refractivity contribution in [3.05, 3.63) is 35.9 Å². The molecule has 1 saturated heterocycles. The van der Waals surface area contributed by atoms with E-state index in [9.17, 15) is 4.79 Å². The molecular formula is C13H17NO. The van der Waals surface area contributed by atoms with Gasteiger partial charge in [-0.1, -0.05) is 37.3 Å². The van der Waals surface area contributed by atoms with Crippen LogP contribution in [0.5, 0.6) is 0 Å². The molecular weight excluding hydrogens is 186 g/mol. The van der Waals surface area contributed by atoms with Crippen molar-refractivity contribution in [2.24, 2.45) is 5.92 Å².